The fourth-order valence-corrected chi connectivity index (χ4v) is 2.19. The van der Waals surface area contributed by atoms with Crippen LogP contribution in [-0.4, -0.2) is 0 Å². The second kappa shape index (κ2) is 6.76. The molecule has 0 atom stereocenters. The quantitative estimate of drug-likeness (QED) is 0.685. The van der Waals surface area contributed by atoms with Crippen LogP contribution in [0.2, 0.25) is 0 Å². The first-order valence-electron chi connectivity index (χ1n) is 7.45. The number of nitriles is 1. The molecule has 3 aromatic rings. The number of hydrogen-bond acceptors (Lipinski definition) is 4. The molecule has 0 aliphatic heterocycles. The molecule has 0 spiro atoms. The van der Waals surface area contributed by atoms with Gasteiger partial charge in [-0.15, -0.1) is 0 Å². The van der Waals surface area contributed by atoms with E-state index in [4.69, 9.17) is 20.5 Å². The van der Waals surface area contributed by atoms with Crippen molar-refractivity contribution in [3.05, 3.63) is 77.9 Å². The Hall–Kier alpha value is -3.45. The van der Waals surface area contributed by atoms with Gasteiger partial charge in [0.1, 0.15) is 23.0 Å². The van der Waals surface area contributed by atoms with E-state index in [1.807, 2.05) is 31.2 Å². The molecule has 0 saturated carbocycles. The van der Waals surface area contributed by atoms with Crippen LogP contribution in [0.3, 0.4) is 0 Å². The number of hydrogen-bond donors (Lipinski definition) is 1. The molecule has 0 aromatic heterocycles. The average molecular weight is 316 g/mol. The molecule has 3 rings (SSSR count). The van der Waals surface area contributed by atoms with Crippen LogP contribution in [0.4, 0.5) is 5.69 Å². The van der Waals surface area contributed by atoms with Crippen molar-refractivity contribution in [3.8, 4) is 29.1 Å². The number of benzene rings is 3. The maximum atomic E-state index is 8.82. The number of anilines is 1. The first-order valence-corrected chi connectivity index (χ1v) is 7.45. The van der Waals surface area contributed by atoms with E-state index in [0.29, 0.717) is 28.5 Å². The van der Waals surface area contributed by atoms with E-state index in [1.54, 1.807) is 42.5 Å². The zero-order chi connectivity index (χ0) is 16.9. The van der Waals surface area contributed by atoms with Gasteiger partial charge in [-0.3, -0.25) is 0 Å². The highest BCUT2D eigenvalue weighted by molar-refractivity contribution is 5.52. The Morgan fingerprint density at radius 1 is 0.750 bits per heavy atom. The van der Waals surface area contributed by atoms with Crippen molar-refractivity contribution in [3.63, 3.8) is 0 Å². The summed E-state index contributed by atoms with van der Waals surface area (Å²) < 4.78 is 11.6. The predicted molar refractivity (Wildman–Crippen MR) is 93.3 cm³/mol. The monoisotopic (exact) mass is 316 g/mol. The third kappa shape index (κ3) is 3.84. The summed E-state index contributed by atoms with van der Waals surface area (Å²) in [6, 6.07) is 22.0. The van der Waals surface area contributed by atoms with Gasteiger partial charge >= 0.3 is 0 Å². The van der Waals surface area contributed by atoms with Gasteiger partial charge in [-0.1, -0.05) is 17.7 Å². The fourth-order valence-electron chi connectivity index (χ4n) is 2.19. The van der Waals surface area contributed by atoms with Crippen molar-refractivity contribution in [1.82, 2.24) is 0 Å². The van der Waals surface area contributed by atoms with Crippen LogP contribution >= 0.6 is 0 Å². The van der Waals surface area contributed by atoms with Crippen molar-refractivity contribution in [2.24, 2.45) is 0 Å². The zero-order valence-electron chi connectivity index (χ0n) is 13.2. The van der Waals surface area contributed by atoms with E-state index in [1.165, 1.54) is 5.56 Å². The standard InChI is InChI=1S/C20H16N2O2/c1-14-2-6-17(7-3-14)23-19-10-16(22)11-20(12-19)24-18-8-4-15(13-21)5-9-18/h2-12H,22H2,1H3. The molecule has 0 aliphatic carbocycles. The van der Waals surface area contributed by atoms with Gasteiger partial charge in [-0.2, -0.15) is 5.26 Å². The number of rotatable bonds is 4. The molecule has 0 bridgehead atoms. The molecule has 2 N–H and O–H groups in total. The molecule has 0 heterocycles. The van der Waals surface area contributed by atoms with Gasteiger partial charge in [0, 0.05) is 23.9 Å². The molecule has 0 fully saturated rings. The molecule has 24 heavy (non-hydrogen) atoms. The highest BCUT2D eigenvalue weighted by Gasteiger charge is 2.05. The lowest BCUT2D eigenvalue weighted by atomic mass is 10.2. The predicted octanol–water partition coefficient (Wildman–Crippen LogP) is 5.03. The smallest absolute Gasteiger partial charge is 0.133 e. The minimum absolute atomic E-state index is 0.545. The molecular weight excluding hydrogens is 300 g/mol. The number of nitrogen functional groups attached to an aromatic ring is 1. The summed E-state index contributed by atoms with van der Waals surface area (Å²) in [7, 11) is 0. The Morgan fingerprint density at radius 3 is 1.75 bits per heavy atom. The van der Waals surface area contributed by atoms with Crippen LogP contribution in [0, 0.1) is 18.3 Å². The summed E-state index contributed by atoms with van der Waals surface area (Å²) in [5, 5.41) is 8.82. The maximum Gasteiger partial charge on any atom is 0.133 e. The lowest BCUT2D eigenvalue weighted by molar-refractivity contribution is 0.461. The van der Waals surface area contributed by atoms with E-state index in [9.17, 15) is 0 Å². The molecule has 0 saturated heterocycles. The normalized spacial score (nSPS) is 10.0. The molecule has 4 heteroatoms. The van der Waals surface area contributed by atoms with Crippen molar-refractivity contribution < 1.29 is 9.47 Å². The van der Waals surface area contributed by atoms with Crippen molar-refractivity contribution in [2.75, 3.05) is 5.73 Å². The minimum Gasteiger partial charge on any atom is -0.457 e. The Labute approximate surface area is 140 Å². The molecular formula is C20H16N2O2. The molecule has 3 aromatic carbocycles. The van der Waals surface area contributed by atoms with Crippen molar-refractivity contribution in [1.29, 1.82) is 5.26 Å². The average Bonchev–Trinajstić information content (AvgIpc) is 2.57. The summed E-state index contributed by atoms with van der Waals surface area (Å²) in [6.07, 6.45) is 0. The third-order valence-corrected chi connectivity index (χ3v) is 3.38. The second-order valence-electron chi connectivity index (χ2n) is 5.39. The van der Waals surface area contributed by atoms with E-state index in [-0.39, 0.29) is 0 Å². The Bertz CT molecular complexity index is 879. The Morgan fingerprint density at radius 2 is 1.25 bits per heavy atom. The highest BCUT2D eigenvalue weighted by Crippen LogP contribution is 2.31. The summed E-state index contributed by atoms with van der Waals surface area (Å²) in [4.78, 5) is 0. The summed E-state index contributed by atoms with van der Waals surface area (Å²) in [6.45, 7) is 2.02. The SMILES string of the molecule is Cc1ccc(Oc2cc(N)cc(Oc3ccc(C#N)cc3)c2)cc1. The number of ether oxygens (including phenoxy) is 2. The Balaban J connectivity index is 1.80. The van der Waals surface area contributed by atoms with Gasteiger partial charge in [0.05, 0.1) is 11.6 Å². The molecule has 0 unspecified atom stereocenters. The number of nitrogens with two attached hydrogens (primary N) is 1. The Kier molecular flexibility index (Phi) is 4.35. The van der Waals surface area contributed by atoms with Gasteiger partial charge in [0.25, 0.3) is 0 Å². The maximum absolute atomic E-state index is 8.82. The van der Waals surface area contributed by atoms with Gasteiger partial charge in [0.2, 0.25) is 0 Å². The van der Waals surface area contributed by atoms with Gasteiger partial charge in [-0.05, 0) is 43.3 Å². The van der Waals surface area contributed by atoms with Gasteiger partial charge in [0.15, 0.2) is 0 Å². The minimum atomic E-state index is 0.545. The zero-order valence-corrected chi connectivity index (χ0v) is 13.2. The summed E-state index contributed by atoms with van der Waals surface area (Å²) in [5.74, 6) is 2.53. The van der Waals surface area contributed by atoms with Crippen LogP contribution in [0.1, 0.15) is 11.1 Å². The van der Waals surface area contributed by atoms with Crippen LogP contribution < -0.4 is 15.2 Å². The largest absolute Gasteiger partial charge is 0.457 e. The summed E-state index contributed by atoms with van der Waals surface area (Å²) >= 11 is 0. The van der Waals surface area contributed by atoms with Gasteiger partial charge in [-0.25, -0.2) is 0 Å². The molecule has 0 aliphatic rings. The van der Waals surface area contributed by atoms with E-state index in [0.717, 1.165) is 5.75 Å². The number of nitrogens with zero attached hydrogens (tertiary/aromatic N) is 1. The van der Waals surface area contributed by atoms with Crippen molar-refractivity contribution in [2.45, 2.75) is 6.92 Å². The third-order valence-electron chi connectivity index (χ3n) is 3.38. The molecule has 0 amide bonds. The van der Waals surface area contributed by atoms with E-state index in [2.05, 4.69) is 6.07 Å². The fraction of sp³-hybridized carbons (Fsp3) is 0.0500. The van der Waals surface area contributed by atoms with E-state index < -0.39 is 0 Å². The molecule has 118 valence electrons. The first kappa shape index (κ1) is 15.4. The van der Waals surface area contributed by atoms with Crippen LogP contribution in [0.25, 0.3) is 0 Å². The van der Waals surface area contributed by atoms with E-state index >= 15 is 0 Å². The highest BCUT2D eigenvalue weighted by atomic mass is 16.5. The lowest BCUT2D eigenvalue weighted by Gasteiger charge is -2.11. The van der Waals surface area contributed by atoms with Crippen molar-refractivity contribution >= 4 is 5.69 Å². The summed E-state index contributed by atoms with van der Waals surface area (Å²) in [5.41, 5.74) is 8.23. The van der Waals surface area contributed by atoms with Crippen LogP contribution in [-0.2, 0) is 0 Å². The lowest BCUT2D eigenvalue weighted by Crippen LogP contribution is -1.91. The van der Waals surface area contributed by atoms with Gasteiger partial charge < -0.3 is 15.2 Å². The molecule has 0 radical (unpaired) electrons. The van der Waals surface area contributed by atoms with Crippen LogP contribution in [0.15, 0.2) is 66.7 Å². The second-order valence-corrected chi connectivity index (χ2v) is 5.39. The first-order chi connectivity index (χ1) is 11.6. The molecule has 4 nitrogen and oxygen atoms in total. The topological polar surface area (TPSA) is 68.3 Å². The van der Waals surface area contributed by atoms with Crippen LogP contribution in [0.5, 0.6) is 23.0 Å². The number of aryl methyl sites for hydroxylation is 1.